The summed E-state index contributed by atoms with van der Waals surface area (Å²) < 4.78 is 0. The third-order valence-corrected chi connectivity index (χ3v) is 2.98. The molecule has 0 saturated carbocycles. The molecule has 0 saturated heterocycles. The maximum absolute atomic E-state index is 4.40. The van der Waals surface area contributed by atoms with Crippen LogP contribution in [0, 0.1) is 0 Å². The van der Waals surface area contributed by atoms with Gasteiger partial charge in [0.15, 0.2) is 0 Å². The van der Waals surface area contributed by atoms with Crippen molar-refractivity contribution in [3.05, 3.63) is 66.5 Å². The van der Waals surface area contributed by atoms with E-state index in [0.29, 0.717) is 0 Å². The molecule has 0 fully saturated rings. The smallest absolute Gasteiger partial charge is 0.137 e. The highest BCUT2D eigenvalue weighted by Gasteiger charge is 2.02. The number of nitrogens with one attached hydrogen (secondary N) is 1. The van der Waals surface area contributed by atoms with Gasteiger partial charge < -0.3 is 4.98 Å². The van der Waals surface area contributed by atoms with Crippen molar-refractivity contribution in [2.75, 3.05) is 0 Å². The van der Waals surface area contributed by atoms with E-state index in [1.807, 2.05) is 49.5 Å². The molecule has 0 radical (unpaired) electrons. The number of hydrogen-bond donors (Lipinski definition) is 1. The number of rotatable bonds is 3. The van der Waals surface area contributed by atoms with Gasteiger partial charge >= 0.3 is 0 Å². The van der Waals surface area contributed by atoms with Crippen molar-refractivity contribution in [1.82, 2.24) is 19.9 Å². The van der Waals surface area contributed by atoms with Crippen LogP contribution in [0.1, 0.15) is 18.3 Å². The molecule has 0 unspecified atom stereocenters. The molecule has 0 bridgehead atoms. The van der Waals surface area contributed by atoms with Crippen LogP contribution in [0.5, 0.6) is 0 Å². The average Bonchev–Trinajstić information content (AvgIpc) is 2.97. The van der Waals surface area contributed by atoms with Crippen molar-refractivity contribution < 1.29 is 0 Å². The zero-order valence-corrected chi connectivity index (χ0v) is 11.1. The van der Waals surface area contributed by atoms with Gasteiger partial charge in [0.05, 0.1) is 23.8 Å². The minimum atomic E-state index is 0.864. The number of aromatic nitrogens is 4. The molecule has 20 heavy (non-hydrogen) atoms. The summed E-state index contributed by atoms with van der Waals surface area (Å²) >= 11 is 0. The predicted octanol–water partition coefficient (Wildman–Crippen LogP) is 3.43. The van der Waals surface area contributed by atoms with E-state index in [4.69, 9.17) is 0 Å². The van der Waals surface area contributed by atoms with Crippen molar-refractivity contribution in [3.8, 4) is 11.4 Å². The highest BCUT2D eigenvalue weighted by atomic mass is 14.9. The van der Waals surface area contributed by atoms with Crippen LogP contribution in [0.25, 0.3) is 23.0 Å². The molecule has 4 nitrogen and oxygen atoms in total. The fourth-order valence-electron chi connectivity index (χ4n) is 1.96. The quantitative estimate of drug-likeness (QED) is 0.786. The van der Waals surface area contributed by atoms with Crippen molar-refractivity contribution >= 4 is 11.6 Å². The Hall–Kier alpha value is -2.75. The van der Waals surface area contributed by atoms with E-state index >= 15 is 0 Å². The number of hydrogen-bond acceptors (Lipinski definition) is 3. The van der Waals surface area contributed by atoms with Gasteiger partial charge in [0.1, 0.15) is 5.82 Å². The van der Waals surface area contributed by atoms with E-state index < -0.39 is 0 Å². The first-order valence-electron chi connectivity index (χ1n) is 6.38. The first-order chi connectivity index (χ1) is 9.83. The van der Waals surface area contributed by atoms with Gasteiger partial charge in [0.25, 0.3) is 0 Å². The summed E-state index contributed by atoms with van der Waals surface area (Å²) in [5.74, 6) is 0.865. The number of allylic oxidation sites excluding steroid dienone is 1. The van der Waals surface area contributed by atoms with Gasteiger partial charge in [-0.05, 0) is 18.6 Å². The molecule has 0 aliphatic heterocycles. The first-order valence-corrected chi connectivity index (χ1v) is 6.38. The van der Waals surface area contributed by atoms with Gasteiger partial charge in [-0.3, -0.25) is 9.97 Å². The number of H-pyrrole nitrogens is 1. The Bertz CT molecular complexity index is 715. The summed E-state index contributed by atoms with van der Waals surface area (Å²) in [6.45, 7) is 2.01. The zero-order valence-electron chi connectivity index (χ0n) is 11.1. The van der Waals surface area contributed by atoms with Crippen LogP contribution >= 0.6 is 0 Å². The first kappa shape index (κ1) is 12.3. The fraction of sp³-hybridized carbons (Fsp3) is 0.0625. The van der Waals surface area contributed by atoms with Crippen molar-refractivity contribution in [2.45, 2.75) is 6.92 Å². The maximum atomic E-state index is 4.40. The lowest BCUT2D eigenvalue weighted by Gasteiger charge is -1.98. The van der Waals surface area contributed by atoms with Gasteiger partial charge in [-0.1, -0.05) is 30.3 Å². The van der Waals surface area contributed by atoms with Crippen molar-refractivity contribution in [1.29, 1.82) is 0 Å². The molecule has 0 atom stereocenters. The molecule has 98 valence electrons. The summed E-state index contributed by atoms with van der Waals surface area (Å²) in [7, 11) is 0. The monoisotopic (exact) mass is 262 g/mol. The maximum Gasteiger partial charge on any atom is 0.137 e. The number of imidazole rings is 1. The Morgan fingerprint density at radius 1 is 1.05 bits per heavy atom. The zero-order chi connectivity index (χ0) is 13.8. The van der Waals surface area contributed by atoms with E-state index in [-0.39, 0.29) is 0 Å². The van der Waals surface area contributed by atoms with Crippen LogP contribution in [0.3, 0.4) is 0 Å². The van der Waals surface area contributed by atoms with Gasteiger partial charge in [-0.25, -0.2) is 4.98 Å². The van der Waals surface area contributed by atoms with Crippen LogP contribution < -0.4 is 0 Å². The molecular formula is C16H14N4. The molecule has 2 aromatic heterocycles. The summed E-state index contributed by atoms with van der Waals surface area (Å²) in [6.07, 6.45) is 8.95. The minimum absolute atomic E-state index is 0.864. The third kappa shape index (κ3) is 2.64. The molecule has 3 aromatic rings. The average molecular weight is 262 g/mol. The standard InChI is InChI=1S/C16H14N4/c1-12(15-11-17-7-8-18-15)9-14-10-19-16(20-14)13-5-3-2-4-6-13/h2-11H,1H3,(H,19,20). The topological polar surface area (TPSA) is 54.5 Å². The van der Waals surface area contributed by atoms with Gasteiger partial charge in [-0.15, -0.1) is 0 Å². The van der Waals surface area contributed by atoms with Crippen molar-refractivity contribution in [2.24, 2.45) is 0 Å². The van der Waals surface area contributed by atoms with Gasteiger partial charge in [0, 0.05) is 18.0 Å². The van der Waals surface area contributed by atoms with Crippen LogP contribution in [-0.4, -0.2) is 19.9 Å². The summed E-state index contributed by atoms with van der Waals surface area (Å²) in [5, 5.41) is 0. The van der Waals surface area contributed by atoms with E-state index in [2.05, 4.69) is 19.9 Å². The van der Waals surface area contributed by atoms with Crippen LogP contribution in [0.15, 0.2) is 55.1 Å². The predicted molar refractivity (Wildman–Crippen MR) is 79.6 cm³/mol. The second-order valence-electron chi connectivity index (χ2n) is 4.47. The number of nitrogens with zero attached hydrogens (tertiary/aromatic N) is 3. The molecule has 3 rings (SSSR count). The lowest BCUT2D eigenvalue weighted by molar-refractivity contribution is 1.16. The SMILES string of the molecule is CC(=Cc1cnc(-c2ccccc2)[nH]1)c1cnccn1. The van der Waals surface area contributed by atoms with Gasteiger partial charge in [-0.2, -0.15) is 0 Å². The lowest BCUT2D eigenvalue weighted by atomic mass is 10.2. The summed E-state index contributed by atoms with van der Waals surface area (Å²) in [5.41, 5.74) is 3.93. The van der Waals surface area contributed by atoms with E-state index in [1.54, 1.807) is 18.6 Å². The Balaban J connectivity index is 1.88. The molecule has 1 N–H and O–H groups in total. The second kappa shape index (κ2) is 5.48. The highest BCUT2D eigenvalue weighted by Crippen LogP contribution is 2.18. The van der Waals surface area contributed by atoms with Crippen LogP contribution in [0.2, 0.25) is 0 Å². The molecule has 2 heterocycles. The van der Waals surface area contributed by atoms with E-state index in [0.717, 1.165) is 28.3 Å². The normalized spacial score (nSPS) is 11.6. The largest absolute Gasteiger partial charge is 0.338 e. The Labute approximate surface area is 117 Å². The number of aromatic amines is 1. The van der Waals surface area contributed by atoms with Crippen LogP contribution in [0.4, 0.5) is 0 Å². The Morgan fingerprint density at radius 3 is 2.65 bits per heavy atom. The lowest BCUT2D eigenvalue weighted by Crippen LogP contribution is -1.86. The van der Waals surface area contributed by atoms with Crippen LogP contribution in [-0.2, 0) is 0 Å². The van der Waals surface area contributed by atoms with Crippen molar-refractivity contribution in [3.63, 3.8) is 0 Å². The molecule has 1 aromatic carbocycles. The minimum Gasteiger partial charge on any atom is -0.338 e. The summed E-state index contributed by atoms with van der Waals surface area (Å²) in [6, 6.07) is 10.0. The second-order valence-corrected chi connectivity index (χ2v) is 4.47. The summed E-state index contributed by atoms with van der Waals surface area (Å²) in [4.78, 5) is 16.0. The third-order valence-electron chi connectivity index (χ3n) is 2.98. The molecule has 0 amide bonds. The Morgan fingerprint density at radius 2 is 1.90 bits per heavy atom. The number of benzene rings is 1. The molecule has 4 heteroatoms. The molecular weight excluding hydrogens is 248 g/mol. The van der Waals surface area contributed by atoms with Gasteiger partial charge in [0.2, 0.25) is 0 Å². The molecule has 0 spiro atoms. The van der Waals surface area contributed by atoms with E-state index in [9.17, 15) is 0 Å². The molecule has 0 aliphatic rings. The Kier molecular flexibility index (Phi) is 3.37. The fourth-order valence-corrected chi connectivity index (χ4v) is 1.96. The molecule has 0 aliphatic carbocycles. The highest BCUT2D eigenvalue weighted by molar-refractivity contribution is 5.77. The van der Waals surface area contributed by atoms with E-state index in [1.165, 1.54) is 0 Å².